The van der Waals surface area contributed by atoms with E-state index in [2.05, 4.69) is 23.5 Å². The summed E-state index contributed by atoms with van der Waals surface area (Å²) in [5.74, 6) is 1.07. The van der Waals surface area contributed by atoms with Crippen LogP contribution in [-0.2, 0) is 0 Å². The van der Waals surface area contributed by atoms with Gasteiger partial charge in [0.1, 0.15) is 0 Å². The van der Waals surface area contributed by atoms with Crippen LogP contribution in [0.3, 0.4) is 0 Å². The van der Waals surface area contributed by atoms with E-state index in [4.69, 9.17) is 0 Å². The highest BCUT2D eigenvalue weighted by Crippen LogP contribution is 2.36. The molecule has 2 nitrogen and oxygen atoms in total. The molecule has 1 aliphatic rings. The van der Waals surface area contributed by atoms with Crippen LogP contribution in [0.5, 0.6) is 0 Å². The minimum Gasteiger partial charge on any atom is -0.345 e. The number of nitrogens with one attached hydrogen (secondary N) is 1. The van der Waals surface area contributed by atoms with Crippen molar-refractivity contribution in [3.63, 3.8) is 0 Å². The number of carbonyl (C=O) groups excluding carboxylic acids is 1. The van der Waals surface area contributed by atoms with E-state index in [-0.39, 0.29) is 11.9 Å². The second kappa shape index (κ2) is 6.58. The molecule has 1 N–H and O–H groups in total. The molecule has 1 amide bonds. The zero-order valence-corrected chi connectivity index (χ0v) is 13.5. The Morgan fingerprint density at radius 2 is 1.95 bits per heavy atom. The van der Waals surface area contributed by atoms with Crippen LogP contribution in [0.2, 0.25) is 0 Å². The number of carbonyl (C=O) groups is 1. The molecule has 108 valence electrons. The molecule has 2 aromatic rings. The van der Waals surface area contributed by atoms with E-state index in [9.17, 15) is 4.79 Å². The standard InChI is InChI=1S/C17H17NOS2/c1-20-15-8-4-3-7-13(15)17(19)18-14-10-11-21-16-9-5-2-6-12(14)16/h2-9,14H,10-11H2,1H3,(H,18,19)/t14-/m1/s1. The number of thioether (sulfide) groups is 2. The summed E-state index contributed by atoms with van der Waals surface area (Å²) in [4.78, 5) is 14.9. The van der Waals surface area contributed by atoms with Crippen LogP contribution in [0.25, 0.3) is 0 Å². The van der Waals surface area contributed by atoms with Crippen molar-refractivity contribution in [1.82, 2.24) is 5.32 Å². The first-order valence-corrected chi connectivity index (χ1v) is 9.16. The summed E-state index contributed by atoms with van der Waals surface area (Å²) in [6.45, 7) is 0. The van der Waals surface area contributed by atoms with Crippen LogP contribution in [0.4, 0.5) is 0 Å². The maximum atomic E-state index is 12.6. The fourth-order valence-corrected chi connectivity index (χ4v) is 4.28. The summed E-state index contributed by atoms with van der Waals surface area (Å²) in [5, 5.41) is 3.20. The third-order valence-corrected chi connectivity index (χ3v) is 5.53. The van der Waals surface area contributed by atoms with Crippen LogP contribution in [0, 0.1) is 0 Å². The van der Waals surface area contributed by atoms with Gasteiger partial charge in [-0.1, -0.05) is 30.3 Å². The summed E-state index contributed by atoms with van der Waals surface area (Å²) < 4.78 is 0. The fourth-order valence-electron chi connectivity index (χ4n) is 2.56. The van der Waals surface area contributed by atoms with Gasteiger partial charge < -0.3 is 5.32 Å². The first-order valence-electron chi connectivity index (χ1n) is 6.95. The molecule has 3 rings (SSSR count). The van der Waals surface area contributed by atoms with Crippen LogP contribution in [0.1, 0.15) is 28.4 Å². The van der Waals surface area contributed by atoms with Crippen molar-refractivity contribution >= 4 is 29.4 Å². The van der Waals surface area contributed by atoms with Gasteiger partial charge >= 0.3 is 0 Å². The van der Waals surface area contributed by atoms with E-state index in [0.717, 1.165) is 22.6 Å². The normalized spacial score (nSPS) is 17.1. The van der Waals surface area contributed by atoms with Gasteiger partial charge in [-0.25, -0.2) is 0 Å². The van der Waals surface area contributed by atoms with E-state index in [1.165, 1.54) is 10.5 Å². The first kappa shape index (κ1) is 14.5. The van der Waals surface area contributed by atoms with E-state index < -0.39 is 0 Å². The lowest BCUT2D eigenvalue weighted by Gasteiger charge is -2.26. The van der Waals surface area contributed by atoms with Gasteiger partial charge in [0.25, 0.3) is 5.91 Å². The van der Waals surface area contributed by atoms with Crippen molar-refractivity contribution in [1.29, 1.82) is 0 Å². The molecule has 0 radical (unpaired) electrons. The van der Waals surface area contributed by atoms with Gasteiger partial charge in [0, 0.05) is 15.5 Å². The minimum atomic E-state index is 0.0200. The van der Waals surface area contributed by atoms with Crippen LogP contribution in [-0.4, -0.2) is 17.9 Å². The maximum absolute atomic E-state index is 12.6. The SMILES string of the molecule is CSc1ccccc1C(=O)N[C@@H]1CCSc2ccccc21. The van der Waals surface area contributed by atoms with Crippen molar-refractivity contribution < 1.29 is 4.79 Å². The minimum absolute atomic E-state index is 0.0200. The van der Waals surface area contributed by atoms with E-state index in [0.29, 0.717) is 0 Å². The Bertz CT molecular complexity index is 657. The zero-order valence-electron chi connectivity index (χ0n) is 11.8. The van der Waals surface area contributed by atoms with Gasteiger partial charge in [0.15, 0.2) is 0 Å². The summed E-state index contributed by atoms with van der Waals surface area (Å²) in [7, 11) is 0. The molecule has 0 aromatic heterocycles. The molecule has 0 bridgehead atoms. The van der Waals surface area contributed by atoms with Crippen molar-refractivity contribution in [2.24, 2.45) is 0 Å². The summed E-state index contributed by atoms with van der Waals surface area (Å²) >= 11 is 3.47. The lowest BCUT2D eigenvalue weighted by atomic mass is 10.0. The molecule has 21 heavy (non-hydrogen) atoms. The number of amides is 1. The van der Waals surface area contributed by atoms with Crippen molar-refractivity contribution in [2.45, 2.75) is 22.3 Å². The lowest BCUT2D eigenvalue weighted by molar-refractivity contribution is 0.0932. The first-order chi connectivity index (χ1) is 10.3. The smallest absolute Gasteiger partial charge is 0.252 e. The second-order valence-electron chi connectivity index (χ2n) is 4.90. The maximum Gasteiger partial charge on any atom is 0.252 e. The van der Waals surface area contributed by atoms with Gasteiger partial charge in [0.2, 0.25) is 0 Å². The zero-order chi connectivity index (χ0) is 14.7. The largest absolute Gasteiger partial charge is 0.345 e. The Morgan fingerprint density at radius 3 is 2.81 bits per heavy atom. The van der Waals surface area contributed by atoms with Crippen molar-refractivity contribution in [2.75, 3.05) is 12.0 Å². The molecule has 0 aliphatic carbocycles. The third kappa shape index (κ3) is 3.11. The van der Waals surface area contributed by atoms with Gasteiger partial charge in [-0.2, -0.15) is 0 Å². The fraction of sp³-hybridized carbons (Fsp3) is 0.235. The quantitative estimate of drug-likeness (QED) is 0.853. The summed E-state index contributed by atoms with van der Waals surface area (Å²) in [6, 6.07) is 16.2. The topological polar surface area (TPSA) is 29.1 Å². The highest BCUT2D eigenvalue weighted by molar-refractivity contribution is 7.99. The molecule has 0 saturated carbocycles. The summed E-state index contributed by atoms with van der Waals surface area (Å²) in [5.41, 5.74) is 2.00. The number of rotatable bonds is 3. The van der Waals surface area contributed by atoms with E-state index in [1.54, 1.807) is 11.8 Å². The lowest BCUT2D eigenvalue weighted by Crippen LogP contribution is -2.30. The van der Waals surface area contributed by atoms with E-state index >= 15 is 0 Å². The molecule has 0 unspecified atom stereocenters. The van der Waals surface area contributed by atoms with E-state index in [1.807, 2.05) is 48.3 Å². The molecule has 1 heterocycles. The molecule has 0 spiro atoms. The number of fused-ring (bicyclic) bond motifs is 1. The van der Waals surface area contributed by atoms with Gasteiger partial charge in [-0.05, 0) is 36.4 Å². The molecular formula is C17H17NOS2. The Balaban J connectivity index is 1.83. The third-order valence-electron chi connectivity index (χ3n) is 3.62. The number of benzene rings is 2. The Morgan fingerprint density at radius 1 is 1.19 bits per heavy atom. The van der Waals surface area contributed by atoms with Crippen LogP contribution >= 0.6 is 23.5 Å². The van der Waals surface area contributed by atoms with Gasteiger partial charge in [-0.3, -0.25) is 4.79 Å². The van der Waals surface area contributed by atoms with Crippen molar-refractivity contribution in [3.05, 3.63) is 59.7 Å². The predicted octanol–water partition coefficient (Wildman–Crippen LogP) is 4.38. The average Bonchev–Trinajstić information content (AvgIpc) is 2.55. The predicted molar refractivity (Wildman–Crippen MR) is 90.2 cm³/mol. The Labute approximate surface area is 133 Å². The highest BCUT2D eigenvalue weighted by Gasteiger charge is 2.23. The van der Waals surface area contributed by atoms with Crippen LogP contribution < -0.4 is 5.32 Å². The monoisotopic (exact) mass is 315 g/mol. The molecule has 1 atom stereocenters. The van der Waals surface area contributed by atoms with Gasteiger partial charge in [0.05, 0.1) is 11.6 Å². The van der Waals surface area contributed by atoms with Gasteiger partial charge in [-0.15, -0.1) is 23.5 Å². The molecule has 1 aliphatic heterocycles. The van der Waals surface area contributed by atoms with Crippen LogP contribution in [0.15, 0.2) is 58.3 Å². The highest BCUT2D eigenvalue weighted by atomic mass is 32.2. The van der Waals surface area contributed by atoms with Crippen molar-refractivity contribution in [3.8, 4) is 0 Å². The molecule has 2 aromatic carbocycles. The Hall–Kier alpha value is -1.39. The molecule has 0 saturated heterocycles. The summed E-state index contributed by atoms with van der Waals surface area (Å²) in [6.07, 6.45) is 2.98. The Kier molecular flexibility index (Phi) is 4.56. The average molecular weight is 315 g/mol. The molecule has 0 fully saturated rings. The molecular weight excluding hydrogens is 298 g/mol. The molecule has 4 heteroatoms. The second-order valence-corrected chi connectivity index (χ2v) is 6.89. The number of hydrogen-bond donors (Lipinski definition) is 1. The number of hydrogen-bond acceptors (Lipinski definition) is 3.